The van der Waals surface area contributed by atoms with E-state index < -0.39 is 0 Å². The van der Waals surface area contributed by atoms with E-state index in [-0.39, 0.29) is 25.0 Å². The Morgan fingerprint density at radius 3 is 2.65 bits per heavy atom. The Kier molecular flexibility index (Phi) is 6.56. The van der Waals surface area contributed by atoms with Crippen LogP contribution in [0.25, 0.3) is 0 Å². The second kappa shape index (κ2) is 8.19. The van der Waals surface area contributed by atoms with Gasteiger partial charge in [0.2, 0.25) is 5.91 Å². The molecule has 2 amide bonds. The molecule has 0 fully saturated rings. The van der Waals surface area contributed by atoms with E-state index in [1.807, 2.05) is 39.0 Å². The molecular formula is C15H22N2O3. The van der Waals surface area contributed by atoms with E-state index in [1.54, 1.807) is 6.07 Å². The number of hydrogen-bond acceptors (Lipinski definition) is 3. The SMILES string of the molecule is CCNC(=O)CN(CC)C(=O)COc1cccc(C)c1. The van der Waals surface area contributed by atoms with Crippen LogP contribution in [0, 0.1) is 6.92 Å². The van der Waals surface area contributed by atoms with Crippen LogP contribution in [0.2, 0.25) is 0 Å². The summed E-state index contributed by atoms with van der Waals surface area (Å²) in [5.74, 6) is 0.311. The molecule has 1 aromatic rings. The van der Waals surface area contributed by atoms with E-state index >= 15 is 0 Å². The minimum absolute atomic E-state index is 0.0588. The third-order valence-electron chi connectivity index (χ3n) is 2.79. The van der Waals surface area contributed by atoms with Gasteiger partial charge in [0.15, 0.2) is 6.61 Å². The van der Waals surface area contributed by atoms with E-state index in [0.717, 1.165) is 5.56 Å². The zero-order chi connectivity index (χ0) is 15.0. The van der Waals surface area contributed by atoms with Gasteiger partial charge >= 0.3 is 0 Å². The first-order valence-electron chi connectivity index (χ1n) is 6.80. The van der Waals surface area contributed by atoms with Crippen LogP contribution >= 0.6 is 0 Å². The maximum absolute atomic E-state index is 12.0. The van der Waals surface area contributed by atoms with Gasteiger partial charge in [0.1, 0.15) is 5.75 Å². The molecule has 0 aliphatic heterocycles. The fourth-order valence-electron chi connectivity index (χ4n) is 1.74. The average molecular weight is 278 g/mol. The normalized spacial score (nSPS) is 9.95. The van der Waals surface area contributed by atoms with Crippen molar-refractivity contribution >= 4 is 11.8 Å². The molecular weight excluding hydrogens is 256 g/mol. The topological polar surface area (TPSA) is 58.6 Å². The number of benzene rings is 1. The standard InChI is InChI=1S/C15H22N2O3/c1-4-16-14(18)10-17(5-2)15(19)11-20-13-8-6-7-12(3)9-13/h6-9H,4-5,10-11H2,1-3H3,(H,16,18). The number of likely N-dealkylation sites (N-methyl/N-ethyl adjacent to an activating group) is 2. The largest absolute Gasteiger partial charge is 0.484 e. The maximum Gasteiger partial charge on any atom is 0.260 e. The Hall–Kier alpha value is -2.04. The van der Waals surface area contributed by atoms with E-state index in [9.17, 15) is 9.59 Å². The Labute approximate surface area is 119 Å². The molecule has 0 saturated carbocycles. The van der Waals surface area contributed by atoms with Gasteiger partial charge in [-0.1, -0.05) is 12.1 Å². The minimum atomic E-state index is -0.194. The fraction of sp³-hybridized carbons (Fsp3) is 0.467. The summed E-state index contributed by atoms with van der Waals surface area (Å²) in [6.07, 6.45) is 0. The highest BCUT2D eigenvalue weighted by atomic mass is 16.5. The molecule has 1 N–H and O–H groups in total. The van der Waals surface area contributed by atoms with Gasteiger partial charge in [-0.2, -0.15) is 0 Å². The lowest BCUT2D eigenvalue weighted by atomic mass is 10.2. The summed E-state index contributed by atoms with van der Waals surface area (Å²) in [4.78, 5) is 25.0. The lowest BCUT2D eigenvalue weighted by molar-refractivity contribution is -0.137. The van der Waals surface area contributed by atoms with Crippen molar-refractivity contribution in [2.45, 2.75) is 20.8 Å². The lowest BCUT2D eigenvalue weighted by Crippen LogP contribution is -2.42. The summed E-state index contributed by atoms with van der Waals surface area (Å²) in [5.41, 5.74) is 1.07. The number of carbonyl (C=O) groups excluding carboxylic acids is 2. The third-order valence-corrected chi connectivity index (χ3v) is 2.79. The summed E-state index contributed by atoms with van der Waals surface area (Å²) in [6.45, 7) is 6.69. The van der Waals surface area contributed by atoms with Crippen molar-refractivity contribution in [1.82, 2.24) is 10.2 Å². The molecule has 1 rings (SSSR count). The number of ether oxygens (including phenoxy) is 1. The summed E-state index contributed by atoms with van der Waals surface area (Å²) in [5, 5.41) is 2.67. The Morgan fingerprint density at radius 1 is 1.30 bits per heavy atom. The molecule has 0 aliphatic carbocycles. The van der Waals surface area contributed by atoms with Gasteiger partial charge in [0.05, 0.1) is 6.54 Å². The van der Waals surface area contributed by atoms with Crippen molar-refractivity contribution in [2.75, 3.05) is 26.2 Å². The molecule has 5 nitrogen and oxygen atoms in total. The second-order valence-corrected chi connectivity index (χ2v) is 4.47. The predicted octanol–water partition coefficient (Wildman–Crippen LogP) is 1.36. The molecule has 0 heterocycles. The van der Waals surface area contributed by atoms with E-state index in [4.69, 9.17) is 4.74 Å². The predicted molar refractivity (Wildman–Crippen MR) is 77.6 cm³/mol. The van der Waals surface area contributed by atoms with Gasteiger partial charge in [-0.05, 0) is 38.5 Å². The molecule has 0 radical (unpaired) electrons. The van der Waals surface area contributed by atoms with Crippen molar-refractivity contribution < 1.29 is 14.3 Å². The zero-order valence-electron chi connectivity index (χ0n) is 12.3. The number of carbonyl (C=O) groups is 2. The molecule has 0 unspecified atom stereocenters. The molecule has 0 aliphatic rings. The van der Waals surface area contributed by atoms with E-state index in [2.05, 4.69) is 5.32 Å². The highest BCUT2D eigenvalue weighted by Crippen LogP contribution is 2.12. The number of amides is 2. The molecule has 20 heavy (non-hydrogen) atoms. The first-order valence-corrected chi connectivity index (χ1v) is 6.80. The summed E-state index contributed by atoms with van der Waals surface area (Å²) in [7, 11) is 0. The van der Waals surface area contributed by atoms with Crippen molar-refractivity contribution in [3.8, 4) is 5.75 Å². The first-order chi connectivity index (χ1) is 9.56. The van der Waals surface area contributed by atoms with Crippen LogP contribution in [-0.4, -0.2) is 43.0 Å². The zero-order valence-corrected chi connectivity index (χ0v) is 12.3. The highest BCUT2D eigenvalue weighted by Gasteiger charge is 2.15. The van der Waals surface area contributed by atoms with E-state index in [0.29, 0.717) is 18.8 Å². The van der Waals surface area contributed by atoms with Crippen LogP contribution in [0.3, 0.4) is 0 Å². The van der Waals surface area contributed by atoms with Crippen molar-refractivity contribution in [3.05, 3.63) is 29.8 Å². The van der Waals surface area contributed by atoms with Crippen LogP contribution in [0.1, 0.15) is 19.4 Å². The first kappa shape index (κ1) is 16.0. The molecule has 110 valence electrons. The van der Waals surface area contributed by atoms with Crippen molar-refractivity contribution in [1.29, 1.82) is 0 Å². The van der Waals surface area contributed by atoms with Crippen LogP contribution in [0.5, 0.6) is 5.75 Å². The number of nitrogens with zero attached hydrogens (tertiary/aromatic N) is 1. The number of hydrogen-bond donors (Lipinski definition) is 1. The maximum atomic E-state index is 12.0. The summed E-state index contributed by atoms with van der Waals surface area (Å²) in [6, 6.07) is 7.51. The number of rotatable bonds is 7. The van der Waals surface area contributed by atoms with Gasteiger partial charge in [0.25, 0.3) is 5.91 Å². The lowest BCUT2D eigenvalue weighted by Gasteiger charge is -2.20. The van der Waals surface area contributed by atoms with E-state index in [1.165, 1.54) is 4.90 Å². The molecule has 0 atom stereocenters. The van der Waals surface area contributed by atoms with Gasteiger partial charge in [-0.25, -0.2) is 0 Å². The Bertz CT molecular complexity index is 460. The van der Waals surface area contributed by atoms with Gasteiger partial charge in [-0.15, -0.1) is 0 Å². The van der Waals surface area contributed by atoms with Crippen molar-refractivity contribution in [3.63, 3.8) is 0 Å². The smallest absolute Gasteiger partial charge is 0.260 e. The average Bonchev–Trinajstić information content (AvgIpc) is 2.42. The quantitative estimate of drug-likeness (QED) is 0.819. The molecule has 5 heteroatoms. The Balaban J connectivity index is 2.49. The van der Waals surface area contributed by atoms with Gasteiger partial charge < -0.3 is 15.0 Å². The number of nitrogens with one attached hydrogen (secondary N) is 1. The molecule has 0 spiro atoms. The van der Waals surface area contributed by atoms with Crippen LogP contribution in [-0.2, 0) is 9.59 Å². The van der Waals surface area contributed by atoms with Crippen LogP contribution in [0.15, 0.2) is 24.3 Å². The van der Waals surface area contributed by atoms with Gasteiger partial charge in [0, 0.05) is 13.1 Å². The van der Waals surface area contributed by atoms with Gasteiger partial charge in [-0.3, -0.25) is 9.59 Å². The fourth-order valence-corrected chi connectivity index (χ4v) is 1.74. The van der Waals surface area contributed by atoms with Crippen molar-refractivity contribution in [2.24, 2.45) is 0 Å². The van der Waals surface area contributed by atoms with Crippen LogP contribution in [0.4, 0.5) is 0 Å². The molecule has 0 aromatic heterocycles. The second-order valence-electron chi connectivity index (χ2n) is 4.47. The summed E-state index contributed by atoms with van der Waals surface area (Å²) >= 11 is 0. The summed E-state index contributed by atoms with van der Waals surface area (Å²) < 4.78 is 5.45. The number of aryl methyl sites for hydroxylation is 1. The monoisotopic (exact) mass is 278 g/mol. The Morgan fingerprint density at radius 2 is 2.05 bits per heavy atom. The van der Waals surface area contributed by atoms with Crippen LogP contribution < -0.4 is 10.1 Å². The molecule has 1 aromatic carbocycles. The third kappa shape index (κ3) is 5.30. The minimum Gasteiger partial charge on any atom is -0.484 e. The molecule has 0 bridgehead atoms. The highest BCUT2D eigenvalue weighted by molar-refractivity contribution is 5.85. The molecule has 0 saturated heterocycles.